The number of halogens is 2. The van der Waals surface area contributed by atoms with Gasteiger partial charge in [-0.05, 0) is 49.1 Å². The Hall–Kier alpha value is -2.23. The lowest BCUT2D eigenvalue weighted by Gasteiger charge is -2.37. The quantitative estimate of drug-likeness (QED) is 0.650. The molecule has 10 heteroatoms. The van der Waals surface area contributed by atoms with Crippen LogP contribution in [0.5, 0.6) is 0 Å². The lowest BCUT2D eigenvalue weighted by Crippen LogP contribution is -2.45. The zero-order valence-corrected chi connectivity index (χ0v) is 19.5. The summed E-state index contributed by atoms with van der Waals surface area (Å²) >= 11 is 6.25. The largest absolute Gasteiger partial charge is 0.396 e. The number of carbonyl (C=O) groups excluding carboxylic acids is 1. The van der Waals surface area contributed by atoms with Gasteiger partial charge in [0, 0.05) is 60.2 Å². The summed E-state index contributed by atoms with van der Waals surface area (Å²) in [6.07, 6.45) is 6.78. The molecule has 1 aromatic carbocycles. The second-order valence-corrected chi connectivity index (χ2v) is 9.64. The number of pyridine rings is 1. The number of piperidine rings is 1. The van der Waals surface area contributed by atoms with Gasteiger partial charge in [-0.3, -0.25) is 9.00 Å². The molecule has 1 aromatic heterocycles. The highest BCUT2D eigenvalue weighted by Crippen LogP contribution is 2.29. The van der Waals surface area contributed by atoms with E-state index in [-0.39, 0.29) is 12.3 Å². The van der Waals surface area contributed by atoms with Gasteiger partial charge in [-0.25, -0.2) is 9.37 Å². The van der Waals surface area contributed by atoms with Crippen LogP contribution in [0, 0.1) is 5.82 Å². The number of nitrogens with two attached hydrogens (primary N) is 1. The van der Waals surface area contributed by atoms with Crippen molar-refractivity contribution in [2.24, 2.45) is 0 Å². The number of rotatable bonds is 4. The summed E-state index contributed by atoms with van der Waals surface area (Å²) < 4.78 is 23.5. The molecular weight excluding hydrogens is 455 g/mol. The first kappa shape index (κ1) is 24.4. The van der Waals surface area contributed by atoms with Gasteiger partial charge in [-0.1, -0.05) is 11.6 Å². The highest BCUT2D eigenvalue weighted by Gasteiger charge is 2.31. The summed E-state index contributed by atoms with van der Waals surface area (Å²) in [5.74, 6) is 0.565. The van der Waals surface area contributed by atoms with Crippen LogP contribution < -0.4 is 10.6 Å². The summed E-state index contributed by atoms with van der Waals surface area (Å²) in [6.45, 7) is 2.58. The van der Waals surface area contributed by atoms with Gasteiger partial charge in [-0.15, -0.1) is 0 Å². The van der Waals surface area contributed by atoms with Gasteiger partial charge < -0.3 is 20.6 Å². The van der Waals surface area contributed by atoms with Crippen molar-refractivity contribution in [1.82, 2.24) is 9.88 Å². The average molecular weight is 483 g/mol. The van der Waals surface area contributed by atoms with Crippen molar-refractivity contribution in [1.29, 1.82) is 0 Å². The van der Waals surface area contributed by atoms with E-state index >= 15 is 0 Å². The Morgan fingerprint density at radius 2 is 2.00 bits per heavy atom. The fourth-order valence-corrected chi connectivity index (χ4v) is 4.76. The van der Waals surface area contributed by atoms with Crippen molar-refractivity contribution in [2.45, 2.75) is 43.2 Å². The molecule has 1 atom stereocenters. The van der Waals surface area contributed by atoms with E-state index in [1.165, 1.54) is 18.4 Å². The predicted molar refractivity (Wildman–Crippen MR) is 124 cm³/mol. The minimum atomic E-state index is -1.14. The van der Waals surface area contributed by atoms with Crippen molar-refractivity contribution in [2.75, 3.05) is 36.5 Å². The molecule has 3 N–H and O–H groups in total. The monoisotopic (exact) mass is 482 g/mol. The molecule has 4 rings (SSSR count). The number of anilines is 2. The second-order valence-electron chi connectivity index (χ2n) is 7.85. The van der Waals surface area contributed by atoms with Crippen LogP contribution in [0.15, 0.2) is 35.4 Å². The van der Waals surface area contributed by atoms with Crippen LogP contribution in [0.1, 0.15) is 31.2 Å². The maximum atomic E-state index is 12.7. The van der Waals surface area contributed by atoms with Crippen molar-refractivity contribution < 1.29 is 18.5 Å². The van der Waals surface area contributed by atoms with Crippen LogP contribution in [-0.4, -0.2) is 57.0 Å². The number of carbonyl (C=O) groups is 1. The zero-order valence-electron chi connectivity index (χ0n) is 18.0. The number of amides is 1. The molecule has 0 radical (unpaired) electrons. The number of nitrogens with zero attached hydrogens (tertiary/aromatic N) is 3. The fourth-order valence-electron chi connectivity index (χ4n) is 3.92. The number of hydrogen-bond donors (Lipinski definition) is 2. The van der Waals surface area contributed by atoms with Crippen molar-refractivity contribution in [3.05, 3.63) is 46.9 Å². The van der Waals surface area contributed by atoms with Gasteiger partial charge in [-0.2, -0.15) is 0 Å². The van der Waals surface area contributed by atoms with Crippen molar-refractivity contribution in [3.63, 3.8) is 0 Å². The average Bonchev–Trinajstić information content (AvgIpc) is 3.22. The standard InChI is InChI=1S/C15H20ClN3O2.C7H8FNOS/c16-13-8-11(10-20)9-17-15(13)18-6-3-12(4-7-18)19-5-1-2-14(19)21;1-11(10)5-2-3-7(9)6(8)4-5/h8-9,12,20H,1-7,10H2;2-4H,9H2,1H3. The van der Waals surface area contributed by atoms with E-state index in [1.807, 2.05) is 4.90 Å². The summed E-state index contributed by atoms with van der Waals surface area (Å²) in [5.41, 5.74) is 6.02. The molecule has 2 aromatic rings. The topological polar surface area (TPSA) is 99.8 Å². The van der Waals surface area contributed by atoms with E-state index in [0.717, 1.165) is 50.3 Å². The van der Waals surface area contributed by atoms with E-state index in [4.69, 9.17) is 22.4 Å². The maximum absolute atomic E-state index is 12.7. The number of aromatic nitrogens is 1. The lowest BCUT2D eigenvalue weighted by atomic mass is 10.0. The number of nitrogen functional groups attached to an aromatic ring is 1. The molecule has 2 fully saturated rings. The molecule has 0 saturated carbocycles. The summed E-state index contributed by atoms with van der Waals surface area (Å²) in [5, 5.41) is 9.68. The van der Waals surface area contributed by atoms with Crippen LogP contribution in [0.4, 0.5) is 15.9 Å². The Morgan fingerprint density at radius 3 is 2.53 bits per heavy atom. The smallest absolute Gasteiger partial charge is 0.222 e. The van der Waals surface area contributed by atoms with Crippen LogP contribution in [0.3, 0.4) is 0 Å². The number of likely N-dealkylation sites (tertiary alicyclic amines) is 1. The molecule has 1 unspecified atom stereocenters. The minimum Gasteiger partial charge on any atom is -0.396 e. The second kappa shape index (κ2) is 11.1. The van der Waals surface area contributed by atoms with E-state index < -0.39 is 16.6 Å². The molecule has 0 bridgehead atoms. The Kier molecular flexibility index (Phi) is 8.44. The molecule has 2 saturated heterocycles. The molecule has 3 heterocycles. The molecular formula is C22H28ClFN4O3S. The van der Waals surface area contributed by atoms with E-state index in [2.05, 4.69) is 9.88 Å². The van der Waals surface area contributed by atoms with Crippen LogP contribution in [0.25, 0.3) is 0 Å². The van der Waals surface area contributed by atoms with E-state index in [1.54, 1.807) is 18.3 Å². The van der Waals surface area contributed by atoms with Crippen LogP contribution in [-0.2, 0) is 22.2 Å². The Labute approximate surface area is 194 Å². The van der Waals surface area contributed by atoms with Crippen LogP contribution >= 0.6 is 11.6 Å². The maximum Gasteiger partial charge on any atom is 0.222 e. The zero-order chi connectivity index (χ0) is 23.3. The Bertz CT molecular complexity index is 986. The SMILES string of the molecule is CS(=O)c1ccc(N)c(F)c1.O=C1CCCN1C1CCN(c2ncc(CO)cc2Cl)CC1. The third kappa shape index (κ3) is 5.96. The molecule has 174 valence electrons. The van der Waals surface area contributed by atoms with E-state index in [9.17, 15) is 13.4 Å². The Morgan fingerprint density at radius 1 is 1.28 bits per heavy atom. The number of aliphatic hydroxyl groups excluding tert-OH is 1. The first-order valence-corrected chi connectivity index (χ1v) is 12.4. The normalized spacial score (nSPS) is 17.8. The van der Waals surface area contributed by atoms with Crippen molar-refractivity contribution in [3.8, 4) is 0 Å². The summed E-state index contributed by atoms with van der Waals surface area (Å²) in [6, 6.07) is 6.28. The summed E-state index contributed by atoms with van der Waals surface area (Å²) in [7, 11) is -1.14. The third-order valence-electron chi connectivity index (χ3n) is 5.68. The van der Waals surface area contributed by atoms with Crippen LogP contribution in [0.2, 0.25) is 5.02 Å². The molecule has 2 aliphatic heterocycles. The number of benzene rings is 1. The molecule has 2 aliphatic rings. The molecule has 0 aliphatic carbocycles. The number of hydrogen-bond acceptors (Lipinski definition) is 6. The fraction of sp³-hybridized carbons (Fsp3) is 0.455. The molecule has 0 spiro atoms. The van der Waals surface area contributed by atoms with Crippen molar-refractivity contribution >= 4 is 39.8 Å². The Balaban J connectivity index is 0.000000222. The minimum absolute atomic E-state index is 0.0495. The van der Waals surface area contributed by atoms with Gasteiger partial charge >= 0.3 is 0 Å². The van der Waals surface area contributed by atoms with Gasteiger partial charge in [0.25, 0.3) is 0 Å². The highest BCUT2D eigenvalue weighted by atomic mass is 35.5. The van der Waals surface area contributed by atoms with E-state index in [0.29, 0.717) is 28.3 Å². The van der Waals surface area contributed by atoms with Gasteiger partial charge in [0.05, 0.1) is 17.3 Å². The molecule has 7 nitrogen and oxygen atoms in total. The summed E-state index contributed by atoms with van der Waals surface area (Å²) in [4.78, 5) is 20.8. The van der Waals surface area contributed by atoms with Gasteiger partial charge in [0.15, 0.2) is 0 Å². The lowest BCUT2D eigenvalue weighted by molar-refractivity contribution is -0.130. The third-order valence-corrected chi connectivity index (χ3v) is 6.88. The number of aliphatic hydroxyl groups is 1. The van der Waals surface area contributed by atoms with Gasteiger partial charge in [0.2, 0.25) is 5.91 Å². The molecule has 32 heavy (non-hydrogen) atoms. The predicted octanol–water partition coefficient (Wildman–Crippen LogP) is 2.96. The first-order valence-electron chi connectivity index (χ1n) is 10.5. The van der Waals surface area contributed by atoms with Gasteiger partial charge in [0.1, 0.15) is 11.6 Å². The molecule has 1 amide bonds. The first-order chi connectivity index (χ1) is 15.3. The highest BCUT2D eigenvalue weighted by molar-refractivity contribution is 7.84.